The number of nitrogens with zero attached hydrogens (tertiary/aromatic N) is 1. The molecule has 2 aromatic rings. The molecule has 0 aromatic heterocycles. The molecule has 1 N–H and O–H groups in total. The standard InChI is InChI=1S/C24H29NO5/c1-23(2,3)30-22(27)25-12-11-24(16-25)14-20(26)19-13-18(9-10-21(19)29-24)28-15-17-7-5-4-6-8-17/h4-10,13,20,26H,11-12,14-16H2,1-3H3/t20-,24-/m1/s1. The number of benzene rings is 2. The van der Waals surface area contributed by atoms with Gasteiger partial charge in [0.15, 0.2) is 0 Å². The first kappa shape index (κ1) is 20.5. The van der Waals surface area contributed by atoms with E-state index in [-0.39, 0.29) is 6.09 Å². The lowest BCUT2D eigenvalue weighted by Gasteiger charge is -2.38. The number of aliphatic hydroxyl groups excluding tert-OH is 1. The van der Waals surface area contributed by atoms with Gasteiger partial charge >= 0.3 is 6.09 Å². The zero-order valence-corrected chi connectivity index (χ0v) is 17.8. The summed E-state index contributed by atoms with van der Waals surface area (Å²) in [6.45, 7) is 6.98. The average molecular weight is 411 g/mol. The summed E-state index contributed by atoms with van der Waals surface area (Å²) in [5, 5.41) is 10.8. The summed E-state index contributed by atoms with van der Waals surface area (Å²) in [6.07, 6.45) is 0.0803. The van der Waals surface area contributed by atoms with Crippen LogP contribution < -0.4 is 9.47 Å². The van der Waals surface area contributed by atoms with E-state index < -0.39 is 17.3 Å². The van der Waals surface area contributed by atoms with Crippen LogP contribution in [0.4, 0.5) is 4.79 Å². The van der Waals surface area contributed by atoms with Gasteiger partial charge in [-0.25, -0.2) is 4.79 Å². The lowest BCUT2D eigenvalue weighted by Crippen LogP contribution is -2.45. The summed E-state index contributed by atoms with van der Waals surface area (Å²) >= 11 is 0. The molecule has 0 unspecified atom stereocenters. The average Bonchev–Trinajstić information content (AvgIpc) is 3.09. The Morgan fingerprint density at radius 3 is 2.73 bits per heavy atom. The summed E-state index contributed by atoms with van der Waals surface area (Å²) in [5.74, 6) is 1.34. The third kappa shape index (κ3) is 4.54. The molecule has 1 spiro atoms. The highest BCUT2D eigenvalue weighted by atomic mass is 16.6. The van der Waals surface area contributed by atoms with E-state index >= 15 is 0 Å². The largest absolute Gasteiger partial charge is 0.489 e. The van der Waals surface area contributed by atoms with Crippen molar-refractivity contribution in [2.24, 2.45) is 0 Å². The number of aliphatic hydroxyl groups is 1. The first-order chi connectivity index (χ1) is 14.2. The zero-order valence-electron chi connectivity index (χ0n) is 17.8. The predicted molar refractivity (Wildman–Crippen MR) is 113 cm³/mol. The highest BCUT2D eigenvalue weighted by molar-refractivity contribution is 5.68. The second kappa shape index (κ2) is 7.84. The van der Waals surface area contributed by atoms with E-state index in [9.17, 15) is 9.90 Å². The Morgan fingerprint density at radius 2 is 2.00 bits per heavy atom. The number of ether oxygens (including phenoxy) is 3. The number of likely N-dealkylation sites (tertiary alicyclic amines) is 1. The third-order valence-corrected chi connectivity index (χ3v) is 5.45. The molecule has 1 saturated heterocycles. The van der Waals surface area contributed by atoms with Crippen LogP contribution in [0, 0.1) is 0 Å². The number of hydrogen-bond donors (Lipinski definition) is 1. The van der Waals surface area contributed by atoms with Gasteiger partial charge in [-0.05, 0) is 44.5 Å². The van der Waals surface area contributed by atoms with E-state index in [1.165, 1.54) is 0 Å². The molecule has 2 atom stereocenters. The molecular weight excluding hydrogens is 382 g/mol. The maximum Gasteiger partial charge on any atom is 0.410 e. The van der Waals surface area contributed by atoms with Crippen LogP contribution in [0.15, 0.2) is 48.5 Å². The Balaban J connectivity index is 1.43. The second-order valence-corrected chi connectivity index (χ2v) is 9.13. The molecule has 2 heterocycles. The van der Waals surface area contributed by atoms with Gasteiger partial charge in [0.25, 0.3) is 0 Å². The Labute approximate surface area is 177 Å². The molecule has 2 aliphatic rings. The Hall–Kier alpha value is -2.73. The number of amides is 1. The van der Waals surface area contributed by atoms with Gasteiger partial charge in [0.2, 0.25) is 0 Å². The maximum absolute atomic E-state index is 12.4. The Morgan fingerprint density at radius 1 is 1.23 bits per heavy atom. The summed E-state index contributed by atoms with van der Waals surface area (Å²) in [6, 6.07) is 15.5. The molecule has 4 rings (SSSR count). The van der Waals surface area contributed by atoms with Crippen LogP contribution in [0.25, 0.3) is 0 Å². The molecule has 6 nitrogen and oxygen atoms in total. The monoisotopic (exact) mass is 411 g/mol. The maximum atomic E-state index is 12.4. The van der Waals surface area contributed by atoms with Gasteiger partial charge in [-0.1, -0.05) is 30.3 Å². The van der Waals surface area contributed by atoms with Gasteiger partial charge in [0.05, 0.1) is 12.6 Å². The molecule has 30 heavy (non-hydrogen) atoms. The number of fused-ring (bicyclic) bond motifs is 1. The molecule has 1 fully saturated rings. The highest BCUT2D eigenvalue weighted by Gasteiger charge is 2.47. The normalized spacial score (nSPS) is 23.1. The quantitative estimate of drug-likeness (QED) is 0.808. The summed E-state index contributed by atoms with van der Waals surface area (Å²) in [4.78, 5) is 14.1. The molecule has 0 saturated carbocycles. The molecule has 0 radical (unpaired) electrons. The van der Waals surface area contributed by atoms with Crippen molar-refractivity contribution in [1.29, 1.82) is 0 Å². The fourth-order valence-corrected chi connectivity index (χ4v) is 4.02. The van der Waals surface area contributed by atoms with E-state index in [1.807, 2.05) is 69.3 Å². The SMILES string of the molecule is CC(C)(C)OC(=O)N1CC[C@@]2(C[C@@H](O)c3cc(OCc4ccccc4)ccc3O2)C1. The molecule has 2 aromatic carbocycles. The van der Waals surface area contributed by atoms with Crippen LogP contribution in [-0.4, -0.2) is 40.4 Å². The van der Waals surface area contributed by atoms with Crippen LogP contribution in [0.2, 0.25) is 0 Å². The Kier molecular flexibility index (Phi) is 5.36. The number of carbonyl (C=O) groups excluding carboxylic acids is 1. The topological polar surface area (TPSA) is 68.2 Å². The van der Waals surface area contributed by atoms with Gasteiger partial charge < -0.3 is 24.2 Å². The number of rotatable bonds is 3. The Bertz CT molecular complexity index is 908. The summed E-state index contributed by atoms with van der Waals surface area (Å²) in [7, 11) is 0. The molecule has 1 amide bonds. The van der Waals surface area contributed by atoms with Crippen molar-refractivity contribution in [3.63, 3.8) is 0 Å². The fourth-order valence-electron chi connectivity index (χ4n) is 4.02. The fraction of sp³-hybridized carbons (Fsp3) is 0.458. The minimum Gasteiger partial charge on any atom is -0.489 e. The van der Waals surface area contributed by atoms with Crippen molar-refractivity contribution in [2.45, 2.75) is 57.5 Å². The van der Waals surface area contributed by atoms with Gasteiger partial charge in [0.1, 0.15) is 29.3 Å². The molecule has 6 heteroatoms. The van der Waals surface area contributed by atoms with E-state index in [1.54, 1.807) is 4.90 Å². The van der Waals surface area contributed by atoms with Crippen molar-refractivity contribution in [3.05, 3.63) is 59.7 Å². The van der Waals surface area contributed by atoms with Crippen LogP contribution in [0.1, 0.15) is 50.8 Å². The van der Waals surface area contributed by atoms with Crippen molar-refractivity contribution in [2.75, 3.05) is 13.1 Å². The van der Waals surface area contributed by atoms with Crippen LogP contribution >= 0.6 is 0 Å². The van der Waals surface area contributed by atoms with E-state index in [0.29, 0.717) is 44.0 Å². The second-order valence-electron chi connectivity index (χ2n) is 9.13. The van der Waals surface area contributed by atoms with E-state index in [4.69, 9.17) is 14.2 Å². The number of hydrogen-bond acceptors (Lipinski definition) is 5. The van der Waals surface area contributed by atoms with Gasteiger partial charge in [-0.2, -0.15) is 0 Å². The first-order valence-electron chi connectivity index (χ1n) is 10.4. The molecule has 0 aliphatic carbocycles. The zero-order chi connectivity index (χ0) is 21.4. The summed E-state index contributed by atoms with van der Waals surface area (Å²) < 4.78 is 17.7. The van der Waals surface area contributed by atoms with Gasteiger partial charge in [-0.3, -0.25) is 0 Å². The first-order valence-corrected chi connectivity index (χ1v) is 10.4. The third-order valence-electron chi connectivity index (χ3n) is 5.45. The minimum atomic E-state index is -0.674. The van der Waals surface area contributed by atoms with Crippen molar-refractivity contribution < 1.29 is 24.1 Å². The highest BCUT2D eigenvalue weighted by Crippen LogP contribution is 2.45. The van der Waals surface area contributed by atoms with Gasteiger partial charge in [0, 0.05) is 24.9 Å². The smallest absolute Gasteiger partial charge is 0.410 e. The predicted octanol–water partition coefficient (Wildman–Crippen LogP) is 4.46. The molecular formula is C24H29NO5. The minimum absolute atomic E-state index is 0.340. The van der Waals surface area contributed by atoms with Crippen LogP contribution in [0.3, 0.4) is 0 Å². The van der Waals surface area contributed by atoms with Crippen molar-refractivity contribution in [3.8, 4) is 11.5 Å². The number of carbonyl (C=O) groups is 1. The molecule has 0 bridgehead atoms. The van der Waals surface area contributed by atoms with E-state index in [2.05, 4.69) is 0 Å². The van der Waals surface area contributed by atoms with Crippen molar-refractivity contribution >= 4 is 6.09 Å². The van der Waals surface area contributed by atoms with Crippen LogP contribution in [0.5, 0.6) is 11.5 Å². The van der Waals surface area contributed by atoms with Crippen molar-refractivity contribution in [1.82, 2.24) is 4.90 Å². The van der Waals surface area contributed by atoms with E-state index in [0.717, 1.165) is 11.1 Å². The van der Waals surface area contributed by atoms with Crippen LogP contribution in [-0.2, 0) is 11.3 Å². The molecule has 2 aliphatic heterocycles. The summed E-state index contributed by atoms with van der Waals surface area (Å²) in [5.41, 5.74) is 0.680. The molecule has 160 valence electrons. The lowest BCUT2D eigenvalue weighted by atomic mass is 9.88. The lowest BCUT2D eigenvalue weighted by molar-refractivity contribution is -0.0132. The van der Waals surface area contributed by atoms with Gasteiger partial charge in [-0.15, -0.1) is 0 Å².